The lowest BCUT2D eigenvalue weighted by Gasteiger charge is -2.33. The zero-order valence-corrected chi connectivity index (χ0v) is 13.4. The van der Waals surface area contributed by atoms with Gasteiger partial charge in [-0.05, 0) is 17.7 Å². The molecule has 3 rings (SSSR count). The summed E-state index contributed by atoms with van der Waals surface area (Å²) in [5, 5.41) is 0.700. The minimum absolute atomic E-state index is 0.0101. The maximum atomic E-state index is 6.37. The van der Waals surface area contributed by atoms with Gasteiger partial charge in [0.25, 0.3) is 0 Å². The van der Waals surface area contributed by atoms with Crippen LogP contribution in [0.15, 0.2) is 48.5 Å². The van der Waals surface area contributed by atoms with Crippen LogP contribution in [-0.2, 0) is 11.3 Å². The fourth-order valence-corrected chi connectivity index (χ4v) is 3.06. The highest BCUT2D eigenvalue weighted by Crippen LogP contribution is 2.31. The summed E-state index contributed by atoms with van der Waals surface area (Å²) in [6.45, 7) is 3.45. The SMILES string of the molecule is COc1ccc([C@@H]2CN(Cc3ccccc3)CCO2)c(Cl)c1. The molecular weight excluding hydrogens is 298 g/mol. The maximum absolute atomic E-state index is 6.37. The van der Waals surface area contributed by atoms with Crippen LogP contribution in [0, 0.1) is 0 Å². The summed E-state index contributed by atoms with van der Waals surface area (Å²) in [5.74, 6) is 0.769. The van der Waals surface area contributed by atoms with Gasteiger partial charge in [0.15, 0.2) is 0 Å². The third-order valence-electron chi connectivity index (χ3n) is 3.95. The predicted molar refractivity (Wildman–Crippen MR) is 88.4 cm³/mol. The number of morpholine rings is 1. The molecule has 2 aromatic carbocycles. The van der Waals surface area contributed by atoms with E-state index in [1.807, 2.05) is 24.3 Å². The summed E-state index contributed by atoms with van der Waals surface area (Å²) in [6, 6.07) is 16.3. The maximum Gasteiger partial charge on any atom is 0.120 e. The van der Waals surface area contributed by atoms with Crippen LogP contribution in [0.4, 0.5) is 0 Å². The Kier molecular flexibility index (Phi) is 4.98. The lowest BCUT2D eigenvalue weighted by Crippen LogP contribution is -2.37. The molecule has 1 heterocycles. The molecule has 0 bridgehead atoms. The number of hydrogen-bond donors (Lipinski definition) is 0. The van der Waals surface area contributed by atoms with Gasteiger partial charge in [0.1, 0.15) is 5.75 Å². The van der Waals surface area contributed by atoms with E-state index in [-0.39, 0.29) is 6.10 Å². The summed E-state index contributed by atoms with van der Waals surface area (Å²) in [4.78, 5) is 2.41. The minimum Gasteiger partial charge on any atom is -0.497 e. The normalized spacial score (nSPS) is 19.1. The molecule has 1 atom stereocenters. The van der Waals surface area contributed by atoms with Gasteiger partial charge in [-0.15, -0.1) is 0 Å². The van der Waals surface area contributed by atoms with E-state index in [4.69, 9.17) is 21.1 Å². The molecule has 4 heteroatoms. The second kappa shape index (κ2) is 7.14. The van der Waals surface area contributed by atoms with E-state index in [9.17, 15) is 0 Å². The second-order valence-electron chi connectivity index (χ2n) is 5.47. The molecule has 1 saturated heterocycles. The third kappa shape index (κ3) is 3.61. The molecule has 22 heavy (non-hydrogen) atoms. The molecule has 2 aromatic rings. The van der Waals surface area contributed by atoms with Crippen molar-refractivity contribution < 1.29 is 9.47 Å². The largest absolute Gasteiger partial charge is 0.497 e. The van der Waals surface area contributed by atoms with Gasteiger partial charge in [-0.3, -0.25) is 4.90 Å². The van der Waals surface area contributed by atoms with Crippen LogP contribution >= 0.6 is 11.6 Å². The Balaban J connectivity index is 1.70. The summed E-state index contributed by atoms with van der Waals surface area (Å²) in [5.41, 5.74) is 2.35. The van der Waals surface area contributed by atoms with Crippen molar-refractivity contribution in [3.8, 4) is 5.75 Å². The van der Waals surface area contributed by atoms with E-state index < -0.39 is 0 Å². The smallest absolute Gasteiger partial charge is 0.120 e. The summed E-state index contributed by atoms with van der Waals surface area (Å²) in [7, 11) is 1.64. The van der Waals surface area contributed by atoms with Crippen molar-refractivity contribution in [1.82, 2.24) is 4.90 Å². The number of hydrogen-bond acceptors (Lipinski definition) is 3. The summed E-state index contributed by atoms with van der Waals surface area (Å²) >= 11 is 6.37. The van der Waals surface area contributed by atoms with Crippen molar-refractivity contribution >= 4 is 11.6 Å². The van der Waals surface area contributed by atoms with Crippen LogP contribution in [0.2, 0.25) is 5.02 Å². The van der Waals surface area contributed by atoms with E-state index in [1.165, 1.54) is 5.56 Å². The van der Waals surface area contributed by atoms with Crippen LogP contribution in [0.3, 0.4) is 0 Å². The van der Waals surface area contributed by atoms with Gasteiger partial charge in [-0.1, -0.05) is 48.0 Å². The van der Waals surface area contributed by atoms with Crippen molar-refractivity contribution in [2.45, 2.75) is 12.6 Å². The van der Waals surface area contributed by atoms with Crippen LogP contribution in [-0.4, -0.2) is 31.7 Å². The first-order valence-electron chi connectivity index (χ1n) is 7.47. The summed E-state index contributed by atoms with van der Waals surface area (Å²) < 4.78 is 11.1. The summed E-state index contributed by atoms with van der Waals surface area (Å²) in [6.07, 6.45) is 0.0101. The highest BCUT2D eigenvalue weighted by Gasteiger charge is 2.24. The first kappa shape index (κ1) is 15.3. The van der Waals surface area contributed by atoms with E-state index in [2.05, 4.69) is 29.2 Å². The van der Waals surface area contributed by atoms with Crippen LogP contribution in [0.1, 0.15) is 17.2 Å². The number of ether oxygens (including phenoxy) is 2. The molecule has 1 aliphatic heterocycles. The van der Waals surface area contributed by atoms with Gasteiger partial charge in [0.2, 0.25) is 0 Å². The molecule has 0 unspecified atom stereocenters. The number of halogens is 1. The van der Waals surface area contributed by atoms with Crippen molar-refractivity contribution in [3.63, 3.8) is 0 Å². The standard InChI is InChI=1S/C18H20ClNO2/c1-21-15-7-8-16(17(19)11-15)18-13-20(9-10-22-18)12-14-5-3-2-4-6-14/h2-8,11,18H,9-10,12-13H2,1H3/t18-/m0/s1. The van der Waals surface area contributed by atoms with Gasteiger partial charge in [0, 0.05) is 25.2 Å². The Morgan fingerprint density at radius 1 is 1.23 bits per heavy atom. The lowest BCUT2D eigenvalue weighted by molar-refractivity contribution is -0.0328. The Morgan fingerprint density at radius 2 is 2.05 bits per heavy atom. The molecule has 1 aliphatic rings. The Bertz CT molecular complexity index is 618. The molecule has 0 aliphatic carbocycles. The van der Waals surface area contributed by atoms with Gasteiger partial charge in [-0.2, -0.15) is 0 Å². The van der Waals surface area contributed by atoms with Crippen molar-refractivity contribution in [2.24, 2.45) is 0 Å². The molecule has 0 N–H and O–H groups in total. The van der Waals surface area contributed by atoms with E-state index >= 15 is 0 Å². The molecule has 0 aromatic heterocycles. The predicted octanol–water partition coefficient (Wildman–Crippen LogP) is 3.92. The third-order valence-corrected chi connectivity index (χ3v) is 4.28. The van der Waals surface area contributed by atoms with E-state index in [1.54, 1.807) is 7.11 Å². The van der Waals surface area contributed by atoms with Gasteiger partial charge < -0.3 is 9.47 Å². The molecule has 3 nitrogen and oxygen atoms in total. The fraction of sp³-hybridized carbons (Fsp3) is 0.333. The molecule has 0 spiro atoms. The minimum atomic E-state index is 0.0101. The average Bonchev–Trinajstić information content (AvgIpc) is 2.56. The van der Waals surface area contributed by atoms with Crippen molar-refractivity contribution in [3.05, 3.63) is 64.7 Å². The van der Waals surface area contributed by atoms with Crippen LogP contribution < -0.4 is 4.74 Å². The number of rotatable bonds is 4. The zero-order valence-electron chi connectivity index (χ0n) is 12.7. The second-order valence-corrected chi connectivity index (χ2v) is 5.87. The van der Waals surface area contributed by atoms with Gasteiger partial charge in [0.05, 0.1) is 24.8 Å². The molecule has 0 radical (unpaired) electrons. The Labute approximate surface area is 136 Å². The van der Waals surface area contributed by atoms with E-state index in [0.717, 1.165) is 37.6 Å². The van der Waals surface area contributed by atoms with Crippen molar-refractivity contribution in [1.29, 1.82) is 0 Å². The Morgan fingerprint density at radius 3 is 2.77 bits per heavy atom. The average molecular weight is 318 g/mol. The molecule has 116 valence electrons. The van der Waals surface area contributed by atoms with Gasteiger partial charge in [-0.25, -0.2) is 0 Å². The van der Waals surface area contributed by atoms with Gasteiger partial charge >= 0.3 is 0 Å². The first-order valence-corrected chi connectivity index (χ1v) is 7.85. The monoisotopic (exact) mass is 317 g/mol. The number of benzene rings is 2. The Hall–Kier alpha value is -1.55. The molecule has 1 fully saturated rings. The van der Waals surface area contributed by atoms with Crippen LogP contribution in [0.5, 0.6) is 5.75 Å². The lowest BCUT2D eigenvalue weighted by atomic mass is 10.1. The quantitative estimate of drug-likeness (QED) is 0.853. The van der Waals surface area contributed by atoms with Crippen molar-refractivity contribution in [2.75, 3.05) is 26.8 Å². The molecule has 0 saturated carbocycles. The number of methoxy groups -OCH3 is 1. The highest BCUT2D eigenvalue weighted by molar-refractivity contribution is 6.31. The molecular formula is C18H20ClNO2. The fourth-order valence-electron chi connectivity index (χ4n) is 2.77. The zero-order chi connectivity index (χ0) is 15.4. The first-order chi connectivity index (χ1) is 10.8. The van der Waals surface area contributed by atoms with Crippen LogP contribution in [0.25, 0.3) is 0 Å². The topological polar surface area (TPSA) is 21.7 Å². The molecule has 0 amide bonds. The number of nitrogens with zero attached hydrogens (tertiary/aromatic N) is 1. The highest BCUT2D eigenvalue weighted by atomic mass is 35.5. The van der Waals surface area contributed by atoms with E-state index in [0.29, 0.717) is 5.02 Å².